The van der Waals surface area contributed by atoms with Crippen molar-refractivity contribution in [1.82, 2.24) is 0 Å². The summed E-state index contributed by atoms with van der Waals surface area (Å²) in [6.45, 7) is 0. The minimum atomic E-state index is -1.36. The number of aliphatic hydroxyl groups excluding tert-OH is 1. The van der Waals surface area contributed by atoms with Crippen LogP contribution < -0.4 is 0 Å². The molecular formula is C12H9F2NO4. The fraction of sp³-hybridized carbons (Fsp3) is 0.167. The minimum absolute atomic E-state index is 0.116. The number of nitrogens with zero attached hydrogens (tertiary/aromatic N) is 1. The van der Waals surface area contributed by atoms with Crippen LogP contribution in [-0.2, 0) is 6.42 Å². The SMILES string of the molecule is O=[N+]([O-])c1ccc(C(O)Cc2c(F)cccc2F)o1. The van der Waals surface area contributed by atoms with Crippen molar-refractivity contribution < 1.29 is 23.2 Å². The van der Waals surface area contributed by atoms with Crippen molar-refractivity contribution >= 4 is 5.88 Å². The maximum Gasteiger partial charge on any atom is 0.433 e. The zero-order valence-corrected chi connectivity index (χ0v) is 9.55. The average Bonchev–Trinajstić information content (AvgIpc) is 2.83. The fourth-order valence-corrected chi connectivity index (χ4v) is 1.64. The standard InChI is InChI=1S/C12H9F2NO4/c13-8-2-1-3-9(14)7(8)6-10(16)11-4-5-12(19-11)15(17)18/h1-5,10,16H,6H2. The second-order valence-corrected chi connectivity index (χ2v) is 3.85. The van der Waals surface area contributed by atoms with Crippen LogP contribution in [0.25, 0.3) is 0 Å². The highest BCUT2D eigenvalue weighted by molar-refractivity contribution is 5.24. The second kappa shape index (κ2) is 5.15. The molecule has 0 fully saturated rings. The minimum Gasteiger partial charge on any atom is -0.403 e. The number of aliphatic hydroxyl groups is 1. The zero-order valence-electron chi connectivity index (χ0n) is 9.55. The monoisotopic (exact) mass is 269 g/mol. The summed E-state index contributed by atoms with van der Waals surface area (Å²) in [4.78, 5) is 9.65. The molecule has 0 spiro atoms. The van der Waals surface area contributed by atoms with E-state index in [0.717, 1.165) is 18.2 Å². The number of hydrogen-bond acceptors (Lipinski definition) is 4. The highest BCUT2D eigenvalue weighted by Gasteiger charge is 2.20. The van der Waals surface area contributed by atoms with Crippen molar-refractivity contribution in [3.63, 3.8) is 0 Å². The van der Waals surface area contributed by atoms with Gasteiger partial charge in [-0.15, -0.1) is 0 Å². The van der Waals surface area contributed by atoms with Gasteiger partial charge in [-0.1, -0.05) is 6.07 Å². The molecule has 1 aromatic carbocycles. The first-order valence-corrected chi connectivity index (χ1v) is 5.34. The van der Waals surface area contributed by atoms with Gasteiger partial charge < -0.3 is 9.52 Å². The predicted octanol–water partition coefficient (Wildman–Crippen LogP) is 2.74. The number of benzene rings is 1. The van der Waals surface area contributed by atoms with Crippen LogP contribution in [0.1, 0.15) is 17.4 Å². The van der Waals surface area contributed by atoms with E-state index in [4.69, 9.17) is 4.42 Å². The van der Waals surface area contributed by atoms with Crippen molar-refractivity contribution in [1.29, 1.82) is 0 Å². The van der Waals surface area contributed by atoms with Gasteiger partial charge in [-0.05, 0) is 18.2 Å². The van der Waals surface area contributed by atoms with Crippen molar-refractivity contribution in [3.05, 3.63) is 63.4 Å². The number of furan rings is 1. The highest BCUT2D eigenvalue weighted by atomic mass is 19.1. The third kappa shape index (κ3) is 2.76. The van der Waals surface area contributed by atoms with Gasteiger partial charge in [0, 0.05) is 12.0 Å². The second-order valence-electron chi connectivity index (χ2n) is 3.85. The van der Waals surface area contributed by atoms with E-state index in [1.54, 1.807) is 0 Å². The molecule has 5 nitrogen and oxygen atoms in total. The zero-order chi connectivity index (χ0) is 14.0. The third-order valence-corrected chi connectivity index (χ3v) is 2.58. The summed E-state index contributed by atoms with van der Waals surface area (Å²) in [5, 5.41) is 20.2. The molecule has 0 aliphatic rings. The molecule has 1 atom stereocenters. The van der Waals surface area contributed by atoms with E-state index in [-0.39, 0.29) is 17.7 Å². The topological polar surface area (TPSA) is 76.5 Å². The maximum absolute atomic E-state index is 13.4. The maximum atomic E-state index is 13.4. The molecule has 1 aromatic heterocycles. The van der Waals surface area contributed by atoms with Crippen LogP contribution in [0.3, 0.4) is 0 Å². The number of nitro groups is 1. The van der Waals surface area contributed by atoms with E-state index in [0.29, 0.717) is 0 Å². The lowest BCUT2D eigenvalue weighted by Gasteiger charge is -2.09. The van der Waals surface area contributed by atoms with Gasteiger partial charge in [-0.25, -0.2) is 8.78 Å². The Bertz CT molecular complexity index is 591. The summed E-state index contributed by atoms with van der Waals surface area (Å²) >= 11 is 0. The van der Waals surface area contributed by atoms with Crippen molar-refractivity contribution in [2.75, 3.05) is 0 Å². The Kier molecular flexibility index (Phi) is 3.57. The van der Waals surface area contributed by atoms with Gasteiger partial charge in [0.1, 0.15) is 28.4 Å². The van der Waals surface area contributed by atoms with Gasteiger partial charge in [0.2, 0.25) is 0 Å². The molecule has 2 aromatic rings. The highest BCUT2D eigenvalue weighted by Crippen LogP contribution is 2.26. The molecule has 0 aliphatic heterocycles. The summed E-state index contributed by atoms with van der Waals surface area (Å²) in [5.74, 6) is -2.24. The van der Waals surface area contributed by atoms with Crippen LogP contribution in [0, 0.1) is 21.7 Å². The van der Waals surface area contributed by atoms with Crippen LogP contribution in [0.15, 0.2) is 34.7 Å². The number of hydrogen-bond donors (Lipinski definition) is 1. The quantitative estimate of drug-likeness (QED) is 0.684. The molecule has 0 amide bonds. The summed E-state index contributed by atoms with van der Waals surface area (Å²) in [7, 11) is 0. The van der Waals surface area contributed by atoms with Crippen molar-refractivity contribution in [3.8, 4) is 0 Å². The van der Waals surface area contributed by atoms with Crippen LogP contribution in [0.4, 0.5) is 14.7 Å². The molecule has 2 rings (SSSR count). The Hall–Kier alpha value is -2.28. The molecule has 0 bridgehead atoms. The Morgan fingerprint density at radius 1 is 1.26 bits per heavy atom. The average molecular weight is 269 g/mol. The molecule has 19 heavy (non-hydrogen) atoms. The molecule has 1 N–H and O–H groups in total. The molecule has 0 radical (unpaired) electrons. The van der Waals surface area contributed by atoms with E-state index in [1.165, 1.54) is 12.1 Å². The van der Waals surface area contributed by atoms with Crippen LogP contribution in [0.5, 0.6) is 0 Å². The molecule has 100 valence electrons. The van der Waals surface area contributed by atoms with Gasteiger partial charge >= 0.3 is 5.88 Å². The number of rotatable bonds is 4. The lowest BCUT2D eigenvalue weighted by atomic mass is 10.1. The predicted molar refractivity (Wildman–Crippen MR) is 60.4 cm³/mol. The molecule has 0 aliphatic carbocycles. The summed E-state index contributed by atoms with van der Waals surface area (Å²) in [5.41, 5.74) is -0.297. The molecule has 1 unspecified atom stereocenters. The van der Waals surface area contributed by atoms with E-state index < -0.39 is 28.5 Å². The van der Waals surface area contributed by atoms with Gasteiger partial charge in [-0.3, -0.25) is 10.1 Å². The van der Waals surface area contributed by atoms with Crippen molar-refractivity contribution in [2.24, 2.45) is 0 Å². The Labute approximate surface area is 106 Å². The van der Waals surface area contributed by atoms with Gasteiger partial charge in [-0.2, -0.15) is 0 Å². The molecule has 0 saturated heterocycles. The van der Waals surface area contributed by atoms with Gasteiger partial charge in [0.25, 0.3) is 0 Å². The smallest absolute Gasteiger partial charge is 0.403 e. The van der Waals surface area contributed by atoms with Gasteiger partial charge in [0.15, 0.2) is 0 Å². The fourth-order valence-electron chi connectivity index (χ4n) is 1.64. The van der Waals surface area contributed by atoms with Crippen molar-refractivity contribution in [2.45, 2.75) is 12.5 Å². The van der Waals surface area contributed by atoms with E-state index in [1.807, 2.05) is 0 Å². The van der Waals surface area contributed by atoms with Gasteiger partial charge in [0.05, 0.1) is 6.07 Å². The molecular weight excluding hydrogens is 260 g/mol. The summed E-state index contributed by atoms with van der Waals surface area (Å²) in [6, 6.07) is 5.60. The first-order chi connectivity index (χ1) is 8.99. The van der Waals surface area contributed by atoms with Crippen LogP contribution >= 0.6 is 0 Å². The summed E-state index contributed by atoms with van der Waals surface area (Å²) in [6.07, 6.45) is -1.73. The molecule has 0 saturated carbocycles. The third-order valence-electron chi connectivity index (χ3n) is 2.58. The van der Waals surface area contributed by atoms with E-state index in [2.05, 4.69) is 0 Å². The summed E-state index contributed by atoms with van der Waals surface area (Å²) < 4.78 is 31.5. The largest absolute Gasteiger partial charge is 0.433 e. The van der Waals surface area contributed by atoms with E-state index in [9.17, 15) is 24.0 Å². The lowest BCUT2D eigenvalue weighted by molar-refractivity contribution is -0.402. The number of halogens is 2. The molecule has 7 heteroatoms. The normalized spacial score (nSPS) is 12.4. The van der Waals surface area contributed by atoms with Crippen LogP contribution in [-0.4, -0.2) is 10.0 Å². The molecule has 1 heterocycles. The Morgan fingerprint density at radius 2 is 1.89 bits per heavy atom. The Balaban J connectivity index is 2.20. The first kappa shape index (κ1) is 13.2. The first-order valence-electron chi connectivity index (χ1n) is 5.34. The Morgan fingerprint density at radius 3 is 2.42 bits per heavy atom. The van der Waals surface area contributed by atoms with E-state index >= 15 is 0 Å². The van der Waals surface area contributed by atoms with Crippen LogP contribution in [0.2, 0.25) is 0 Å². The lowest BCUT2D eigenvalue weighted by Crippen LogP contribution is -2.04.